The average Bonchev–Trinajstić information content (AvgIpc) is 2.77. The van der Waals surface area contributed by atoms with Crippen molar-refractivity contribution in [1.82, 2.24) is 5.43 Å². The van der Waals surface area contributed by atoms with Crippen LogP contribution in [0.1, 0.15) is 20.1 Å². The van der Waals surface area contributed by atoms with Crippen LogP contribution in [0.5, 0.6) is 0 Å². The minimum absolute atomic E-state index is 0.0611. The summed E-state index contributed by atoms with van der Waals surface area (Å²) >= 11 is 4.94. The van der Waals surface area contributed by atoms with Crippen LogP contribution in [-0.2, 0) is 0 Å². The summed E-state index contributed by atoms with van der Waals surface area (Å²) in [6.07, 6.45) is 1.55. The number of non-ortho nitro benzene ring substituents is 1. The van der Waals surface area contributed by atoms with Crippen molar-refractivity contribution in [2.24, 2.45) is 5.10 Å². The molecule has 0 bridgehead atoms. The fraction of sp³-hybridized carbons (Fsp3) is 0.0769. The lowest BCUT2D eigenvalue weighted by Crippen LogP contribution is -2.17. The molecule has 0 aliphatic carbocycles. The molecular formula is C13H10BrN3O3S. The van der Waals surface area contributed by atoms with Crippen LogP contribution in [0.3, 0.4) is 0 Å². The average molecular weight is 368 g/mol. The van der Waals surface area contributed by atoms with E-state index in [1.54, 1.807) is 17.6 Å². The molecule has 1 aromatic carbocycles. The first kappa shape index (κ1) is 15.3. The number of nitro benzene ring substituents is 1. The number of nitrogens with zero attached hydrogens (tertiary/aromatic N) is 2. The quantitative estimate of drug-likeness (QED) is 0.509. The van der Waals surface area contributed by atoms with E-state index in [1.165, 1.54) is 24.3 Å². The van der Waals surface area contributed by atoms with Crippen LogP contribution in [0.4, 0.5) is 5.69 Å². The van der Waals surface area contributed by atoms with Crippen LogP contribution in [-0.4, -0.2) is 17.0 Å². The van der Waals surface area contributed by atoms with E-state index in [0.717, 1.165) is 14.2 Å². The number of thiophene rings is 1. The van der Waals surface area contributed by atoms with Gasteiger partial charge in [0, 0.05) is 31.9 Å². The number of amides is 1. The van der Waals surface area contributed by atoms with E-state index < -0.39 is 10.8 Å². The molecule has 1 N–H and O–H groups in total. The molecule has 0 spiro atoms. The lowest BCUT2D eigenvalue weighted by molar-refractivity contribution is -0.384. The minimum atomic E-state index is -0.517. The summed E-state index contributed by atoms with van der Waals surface area (Å²) in [5, 5.41) is 14.4. The van der Waals surface area contributed by atoms with Gasteiger partial charge in [0.2, 0.25) is 0 Å². The third-order valence-electron chi connectivity index (χ3n) is 2.57. The molecule has 2 aromatic rings. The molecule has 2 rings (SSSR count). The Bertz CT molecular complexity index is 690. The van der Waals surface area contributed by atoms with Gasteiger partial charge in [-0.25, -0.2) is 5.43 Å². The third kappa shape index (κ3) is 3.96. The molecule has 108 valence electrons. The predicted octanol–water partition coefficient (Wildman–Crippen LogP) is 3.49. The lowest BCUT2D eigenvalue weighted by Gasteiger charge is -1.98. The zero-order valence-electron chi connectivity index (χ0n) is 10.9. The van der Waals surface area contributed by atoms with Gasteiger partial charge in [-0.15, -0.1) is 11.3 Å². The molecule has 0 unspecified atom stereocenters. The van der Waals surface area contributed by atoms with Crippen molar-refractivity contribution in [2.75, 3.05) is 0 Å². The van der Waals surface area contributed by atoms with Gasteiger partial charge in [0.15, 0.2) is 0 Å². The maximum absolute atomic E-state index is 11.8. The number of nitro groups is 1. The van der Waals surface area contributed by atoms with Crippen molar-refractivity contribution < 1.29 is 9.72 Å². The maximum atomic E-state index is 11.8. The second kappa shape index (κ2) is 6.59. The molecule has 6 nitrogen and oxygen atoms in total. The zero-order valence-corrected chi connectivity index (χ0v) is 13.3. The standard InChI is InChI=1S/C13H10BrN3O3S/c1-8-12(14)6-11(21-8)7-15-16-13(18)9-2-4-10(5-3-9)17(19)20/h2-7H,1H3,(H,16,18). The highest BCUT2D eigenvalue weighted by Gasteiger charge is 2.08. The molecule has 8 heteroatoms. The Morgan fingerprint density at radius 2 is 2.10 bits per heavy atom. The summed E-state index contributed by atoms with van der Waals surface area (Å²) in [6, 6.07) is 7.22. The van der Waals surface area contributed by atoms with Gasteiger partial charge in [-0.05, 0) is 41.1 Å². The molecule has 0 radical (unpaired) electrons. The Balaban J connectivity index is 1.99. The number of hydrogen-bond acceptors (Lipinski definition) is 5. The van der Waals surface area contributed by atoms with Crippen molar-refractivity contribution in [1.29, 1.82) is 0 Å². The topological polar surface area (TPSA) is 84.6 Å². The number of aryl methyl sites for hydroxylation is 1. The normalized spacial score (nSPS) is 10.8. The number of hydrogen-bond donors (Lipinski definition) is 1. The van der Waals surface area contributed by atoms with Crippen LogP contribution in [0, 0.1) is 17.0 Å². The molecule has 21 heavy (non-hydrogen) atoms. The van der Waals surface area contributed by atoms with Crippen LogP contribution in [0.2, 0.25) is 0 Å². The fourth-order valence-electron chi connectivity index (χ4n) is 1.50. The van der Waals surface area contributed by atoms with E-state index in [9.17, 15) is 14.9 Å². The molecule has 1 aromatic heterocycles. The number of carbonyl (C=O) groups excluding carboxylic acids is 1. The molecule has 0 aliphatic rings. The van der Waals surface area contributed by atoms with Crippen LogP contribution >= 0.6 is 27.3 Å². The minimum Gasteiger partial charge on any atom is -0.267 e. The van der Waals surface area contributed by atoms with Crippen LogP contribution < -0.4 is 5.43 Å². The summed E-state index contributed by atoms with van der Waals surface area (Å²) < 4.78 is 0.996. The Morgan fingerprint density at radius 1 is 1.43 bits per heavy atom. The Kier molecular flexibility index (Phi) is 4.81. The highest BCUT2D eigenvalue weighted by molar-refractivity contribution is 9.10. The molecule has 1 amide bonds. The van der Waals surface area contributed by atoms with Crippen molar-refractivity contribution in [3.8, 4) is 0 Å². The highest BCUT2D eigenvalue weighted by Crippen LogP contribution is 2.24. The molecule has 0 fully saturated rings. The molecular weight excluding hydrogens is 358 g/mol. The number of nitrogens with one attached hydrogen (secondary N) is 1. The van der Waals surface area contributed by atoms with Gasteiger partial charge in [-0.3, -0.25) is 14.9 Å². The van der Waals surface area contributed by atoms with Crippen molar-refractivity contribution in [2.45, 2.75) is 6.92 Å². The second-order valence-corrected chi connectivity index (χ2v) is 6.20. The summed E-state index contributed by atoms with van der Waals surface area (Å²) in [4.78, 5) is 23.8. The fourth-order valence-corrected chi connectivity index (χ4v) is 2.93. The van der Waals surface area contributed by atoms with E-state index in [-0.39, 0.29) is 5.69 Å². The highest BCUT2D eigenvalue weighted by atomic mass is 79.9. The number of halogens is 1. The Labute approximate surface area is 132 Å². The van der Waals surface area contributed by atoms with Crippen LogP contribution in [0.15, 0.2) is 39.9 Å². The van der Waals surface area contributed by atoms with Gasteiger partial charge in [0.25, 0.3) is 11.6 Å². The van der Waals surface area contributed by atoms with E-state index in [0.29, 0.717) is 5.56 Å². The summed E-state index contributed by atoms with van der Waals surface area (Å²) in [5.74, 6) is -0.423. The zero-order chi connectivity index (χ0) is 15.4. The van der Waals surface area contributed by atoms with E-state index in [4.69, 9.17) is 0 Å². The number of carbonyl (C=O) groups is 1. The van der Waals surface area contributed by atoms with E-state index in [2.05, 4.69) is 26.5 Å². The first-order valence-corrected chi connectivity index (χ1v) is 7.42. The van der Waals surface area contributed by atoms with Gasteiger partial charge in [0.05, 0.1) is 11.1 Å². The second-order valence-electron chi connectivity index (χ2n) is 4.06. The van der Waals surface area contributed by atoms with Crippen molar-refractivity contribution in [3.63, 3.8) is 0 Å². The molecule has 0 saturated carbocycles. The Hall–Kier alpha value is -2.06. The SMILES string of the molecule is Cc1sc(C=NNC(=O)c2ccc([N+](=O)[O-])cc2)cc1Br. The summed E-state index contributed by atoms with van der Waals surface area (Å²) in [5.41, 5.74) is 2.62. The molecule has 0 atom stereocenters. The number of rotatable bonds is 4. The van der Waals surface area contributed by atoms with E-state index >= 15 is 0 Å². The van der Waals surface area contributed by atoms with Gasteiger partial charge in [-0.1, -0.05) is 0 Å². The Morgan fingerprint density at radius 3 is 2.62 bits per heavy atom. The van der Waals surface area contributed by atoms with Gasteiger partial charge >= 0.3 is 0 Å². The number of hydrazone groups is 1. The monoisotopic (exact) mass is 367 g/mol. The van der Waals surface area contributed by atoms with Gasteiger partial charge in [-0.2, -0.15) is 5.10 Å². The summed E-state index contributed by atoms with van der Waals surface area (Å²) in [6.45, 7) is 1.97. The maximum Gasteiger partial charge on any atom is 0.271 e. The molecule has 1 heterocycles. The van der Waals surface area contributed by atoms with Crippen molar-refractivity contribution in [3.05, 3.63) is 60.2 Å². The predicted molar refractivity (Wildman–Crippen MR) is 84.9 cm³/mol. The summed E-state index contributed by atoms with van der Waals surface area (Å²) in [7, 11) is 0. The smallest absolute Gasteiger partial charge is 0.267 e. The van der Waals surface area contributed by atoms with Gasteiger partial charge in [0.1, 0.15) is 0 Å². The first-order chi connectivity index (χ1) is 9.97. The lowest BCUT2D eigenvalue weighted by atomic mass is 10.2. The van der Waals surface area contributed by atoms with Crippen LogP contribution in [0.25, 0.3) is 0 Å². The van der Waals surface area contributed by atoms with Crippen molar-refractivity contribution >= 4 is 45.1 Å². The first-order valence-electron chi connectivity index (χ1n) is 5.81. The molecule has 0 aliphatic heterocycles. The largest absolute Gasteiger partial charge is 0.271 e. The molecule has 0 saturated heterocycles. The van der Waals surface area contributed by atoms with E-state index in [1.807, 2.05) is 13.0 Å². The third-order valence-corrected chi connectivity index (χ3v) is 4.65. The van der Waals surface area contributed by atoms with Gasteiger partial charge < -0.3 is 0 Å². The number of benzene rings is 1.